The summed E-state index contributed by atoms with van der Waals surface area (Å²) in [7, 11) is 0. The van der Waals surface area contributed by atoms with E-state index in [2.05, 4.69) is 12.2 Å². The van der Waals surface area contributed by atoms with Crippen LogP contribution in [0.1, 0.15) is 44.6 Å². The first kappa shape index (κ1) is 14.4. The summed E-state index contributed by atoms with van der Waals surface area (Å²) in [4.78, 5) is 0. The summed E-state index contributed by atoms with van der Waals surface area (Å²) in [5.41, 5.74) is 0.306. The van der Waals surface area contributed by atoms with Crippen LogP contribution in [-0.2, 0) is 6.42 Å². The maximum absolute atomic E-state index is 13.8. The first-order valence-electron chi connectivity index (χ1n) is 7.30. The van der Waals surface area contributed by atoms with Crippen LogP contribution in [0.2, 0.25) is 0 Å². The van der Waals surface area contributed by atoms with Gasteiger partial charge in [-0.15, -0.1) is 0 Å². The van der Waals surface area contributed by atoms with Gasteiger partial charge in [0.1, 0.15) is 11.6 Å². The fourth-order valence-corrected chi connectivity index (χ4v) is 3.15. The van der Waals surface area contributed by atoms with E-state index >= 15 is 0 Å². The van der Waals surface area contributed by atoms with Gasteiger partial charge in [0.2, 0.25) is 0 Å². The topological polar surface area (TPSA) is 12.0 Å². The Bertz CT molecular complexity index is 391. The molecule has 19 heavy (non-hydrogen) atoms. The molecule has 1 N–H and O–H groups in total. The molecule has 1 saturated carbocycles. The highest BCUT2D eigenvalue weighted by Crippen LogP contribution is 2.41. The third-order valence-corrected chi connectivity index (χ3v) is 4.20. The van der Waals surface area contributed by atoms with Gasteiger partial charge in [-0.3, -0.25) is 0 Å². The van der Waals surface area contributed by atoms with Crippen LogP contribution in [0.25, 0.3) is 0 Å². The molecule has 0 aromatic heterocycles. The van der Waals surface area contributed by atoms with E-state index < -0.39 is 11.6 Å². The Hall–Kier alpha value is -0.960. The SMILES string of the molecule is CCCNCC1(Cc2c(F)cccc2F)CCCC1. The van der Waals surface area contributed by atoms with Gasteiger partial charge in [-0.05, 0) is 49.8 Å². The lowest BCUT2D eigenvalue weighted by Gasteiger charge is -2.30. The number of hydrogen-bond donors (Lipinski definition) is 1. The number of benzene rings is 1. The quantitative estimate of drug-likeness (QED) is 0.766. The van der Waals surface area contributed by atoms with E-state index in [9.17, 15) is 8.78 Å². The molecular formula is C16H23F2N. The van der Waals surface area contributed by atoms with E-state index in [-0.39, 0.29) is 11.0 Å². The zero-order chi connectivity index (χ0) is 13.7. The smallest absolute Gasteiger partial charge is 0.129 e. The average molecular weight is 267 g/mol. The molecule has 0 saturated heterocycles. The summed E-state index contributed by atoms with van der Waals surface area (Å²) >= 11 is 0. The van der Waals surface area contributed by atoms with Crippen LogP contribution in [-0.4, -0.2) is 13.1 Å². The van der Waals surface area contributed by atoms with Gasteiger partial charge < -0.3 is 5.32 Å². The molecule has 1 aromatic carbocycles. The van der Waals surface area contributed by atoms with Crippen LogP contribution in [0.5, 0.6) is 0 Å². The zero-order valence-corrected chi connectivity index (χ0v) is 11.6. The molecule has 0 atom stereocenters. The molecule has 0 unspecified atom stereocenters. The van der Waals surface area contributed by atoms with Crippen LogP contribution >= 0.6 is 0 Å². The van der Waals surface area contributed by atoms with Crippen LogP contribution in [0, 0.1) is 17.0 Å². The lowest BCUT2D eigenvalue weighted by atomic mass is 9.79. The molecule has 0 amide bonds. The van der Waals surface area contributed by atoms with Crippen molar-refractivity contribution in [1.29, 1.82) is 0 Å². The van der Waals surface area contributed by atoms with Gasteiger partial charge >= 0.3 is 0 Å². The van der Waals surface area contributed by atoms with Gasteiger partial charge in [0, 0.05) is 12.1 Å². The van der Waals surface area contributed by atoms with Crippen molar-refractivity contribution < 1.29 is 8.78 Å². The van der Waals surface area contributed by atoms with Crippen LogP contribution < -0.4 is 5.32 Å². The van der Waals surface area contributed by atoms with Crippen molar-refractivity contribution in [2.24, 2.45) is 5.41 Å². The standard InChI is InChI=1S/C16H23F2N/c1-2-10-19-12-16(8-3-4-9-16)11-13-14(17)6-5-7-15(13)18/h5-7,19H,2-4,8-12H2,1H3. The maximum Gasteiger partial charge on any atom is 0.129 e. The summed E-state index contributed by atoms with van der Waals surface area (Å²) < 4.78 is 27.6. The van der Waals surface area contributed by atoms with Gasteiger partial charge in [0.25, 0.3) is 0 Å². The predicted molar refractivity (Wildman–Crippen MR) is 74.1 cm³/mol. The average Bonchev–Trinajstić information content (AvgIpc) is 2.84. The van der Waals surface area contributed by atoms with E-state index in [4.69, 9.17) is 0 Å². The zero-order valence-electron chi connectivity index (χ0n) is 11.6. The van der Waals surface area contributed by atoms with Crippen LogP contribution in [0.3, 0.4) is 0 Å². The van der Waals surface area contributed by atoms with E-state index in [1.54, 1.807) is 0 Å². The molecule has 106 valence electrons. The summed E-state index contributed by atoms with van der Waals surface area (Å²) in [6, 6.07) is 4.16. The van der Waals surface area contributed by atoms with E-state index in [0.29, 0.717) is 6.42 Å². The highest BCUT2D eigenvalue weighted by Gasteiger charge is 2.35. The minimum atomic E-state index is -0.401. The second-order valence-corrected chi connectivity index (χ2v) is 5.76. The van der Waals surface area contributed by atoms with Gasteiger partial charge in [-0.25, -0.2) is 8.78 Å². The lowest BCUT2D eigenvalue weighted by molar-refractivity contribution is 0.271. The van der Waals surface area contributed by atoms with Gasteiger partial charge in [0.15, 0.2) is 0 Å². The molecular weight excluding hydrogens is 244 g/mol. The summed E-state index contributed by atoms with van der Waals surface area (Å²) in [5, 5.41) is 3.43. The molecule has 0 radical (unpaired) electrons. The molecule has 1 aromatic rings. The van der Waals surface area contributed by atoms with Crippen molar-refractivity contribution in [3.05, 3.63) is 35.4 Å². The monoisotopic (exact) mass is 267 g/mol. The van der Waals surface area contributed by atoms with Crippen molar-refractivity contribution in [2.45, 2.75) is 45.4 Å². The predicted octanol–water partition coefficient (Wildman–Crippen LogP) is 4.07. The van der Waals surface area contributed by atoms with E-state index in [0.717, 1.165) is 32.4 Å². The van der Waals surface area contributed by atoms with Crippen molar-refractivity contribution in [3.63, 3.8) is 0 Å². The van der Waals surface area contributed by atoms with Crippen LogP contribution in [0.4, 0.5) is 8.78 Å². The highest BCUT2D eigenvalue weighted by atomic mass is 19.1. The Morgan fingerprint density at radius 3 is 2.37 bits per heavy atom. The second kappa shape index (κ2) is 6.47. The van der Waals surface area contributed by atoms with Gasteiger partial charge in [0.05, 0.1) is 0 Å². The fourth-order valence-electron chi connectivity index (χ4n) is 3.15. The third kappa shape index (κ3) is 3.53. The Labute approximate surface area is 114 Å². The molecule has 1 aliphatic rings. The molecule has 0 spiro atoms. The molecule has 1 fully saturated rings. The van der Waals surface area contributed by atoms with Crippen molar-refractivity contribution in [1.82, 2.24) is 5.32 Å². The maximum atomic E-state index is 13.8. The normalized spacial score (nSPS) is 17.8. The number of rotatable bonds is 6. The minimum absolute atomic E-state index is 0.0399. The van der Waals surface area contributed by atoms with Gasteiger partial charge in [-0.1, -0.05) is 25.8 Å². The van der Waals surface area contributed by atoms with Crippen LogP contribution in [0.15, 0.2) is 18.2 Å². The highest BCUT2D eigenvalue weighted by molar-refractivity contribution is 5.21. The summed E-state index contributed by atoms with van der Waals surface area (Å²) in [6.07, 6.45) is 6.08. The second-order valence-electron chi connectivity index (χ2n) is 5.76. The molecule has 0 heterocycles. The molecule has 2 rings (SSSR count). The first-order valence-corrected chi connectivity index (χ1v) is 7.30. The van der Waals surface area contributed by atoms with E-state index in [1.165, 1.54) is 31.0 Å². The number of halogens is 2. The summed E-state index contributed by atoms with van der Waals surface area (Å²) in [6.45, 7) is 3.97. The van der Waals surface area contributed by atoms with Crippen molar-refractivity contribution in [2.75, 3.05) is 13.1 Å². The Kier molecular flexibility index (Phi) is 4.92. The largest absolute Gasteiger partial charge is 0.316 e. The lowest BCUT2D eigenvalue weighted by Crippen LogP contribution is -2.35. The third-order valence-electron chi connectivity index (χ3n) is 4.20. The molecule has 1 nitrogen and oxygen atoms in total. The number of nitrogens with one attached hydrogen (secondary N) is 1. The minimum Gasteiger partial charge on any atom is -0.316 e. The molecule has 0 bridgehead atoms. The Morgan fingerprint density at radius 2 is 1.79 bits per heavy atom. The molecule has 0 aliphatic heterocycles. The molecule has 1 aliphatic carbocycles. The fraction of sp³-hybridized carbons (Fsp3) is 0.625. The van der Waals surface area contributed by atoms with Crippen molar-refractivity contribution in [3.8, 4) is 0 Å². The summed E-state index contributed by atoms with van der Waals surface area (Å²) in [5.74, 6) is -0.802. The van der Waals surface area contributed by atoms with Gasteiger partial charge in [-0.2, -0.15) is 0 Å². The Morgan fingerprint density at radius 1 is 1.16 bits per heavy atom. The Balaban J connectivity index is 2.12. The van der Waals surface area contributed by atoms with Crippen molar-refractivity contribution >= 4 is 0 Å². The first-order chi connectivity index (χ1) is 9.17. The van der Waals surface area contributed by atoms with E-state index in [1.807, 2.05) is 0 Å². The number of hydrogen-bond acceptors (Lipinski definition) is 1. The molecule has 3 heteroatoms.